The van der Waals surface area contributed by atoms with Gasteiger partial charge < -0.3 is 9.84 Å². The number of carbonyl (C=O) groups is 2. The van der Waals surface area contributed by atoms with Crippen molar-refractivity contribution in [1.82, 2.24) is 0 Å². The largest absolute Gasteiger partial charge is 0.507 e. The van der Waals surface area contributed by atoms with E-state index in [9.17, 15) is 14.7 Å². The van der Waals surface area contributed by atoms with E-state index >= 15 is 0 Å². The molecule has 0 aliphatic carbocycles. The van der Waals surface area contributed by atoms with Gasteiger partial charge >= 0.3 is 5.97 Å². The molecule has 0 aliphatic rings. The number of hydrogen-bond acceptors (Lipinski definition) is 4. The number of aromatic hydroxyl groups is 1. The van der Waals surface area contributed by atoms with Crippen LogP contribution in [0, 0.1) is 0 Å². The minimum Gasteiger partial charge on any atom is -0.507 e. The molecule has 0 heterocycles. The van der Waals surface area contributed by atoms with Crippen molar-refractivity contribution in [3.8, 4) is 5.75 Å². The van der Waals surface area contributed by atoms with E-state index in [1.54, 1.807) is 31.2 Å². The van der Waals surface area contributed by atoms with E-state index in [0.717, 1.165) is 0 Å². The maximum absolute atomic E-state index is 11.9. The van der Waals surface area contributed by atoms with Crippen LogP contribution in [0.5, 0.6) is 5.75 Å². The Hall–Kier alpha value is -2.36. The van der Waals surface area contributed by atoms with Crippen LogP contribution in [0.2, 0.25) is 0 Å². The molecule has 0 amide bonds. The van der Waals surface area contributed by atoms with Gasteiger partial charge in [0.25, 0.3) is 0 Å². The molecule has 0 radical (unpaired) electrons. The van der Waals surface area contributed by atoms with Crippen molar-refractivity contribution in [2.75, 3.05) is 6.61 Å². The number of Topliss-reactive ketones (excluding diaryl/α,β-unsaturated/α-hetero) is 1. The fourth-order valence-electron chi connectivity index (χ4n) is 2.01. The van der Waals surface area contributed by atoms with Crippen LogP contribution in [-0.2, 0) is 4.74 Å². The van der Waals surface area contributed by atoms with Gasteiger partial charge in [0.15, 0.2) is 5.78 Å². The Labute approximate surface area is 110 Å². The predicted molar refractivity (Wildman–Crippen MR) is 71.6 cm³/mol. The molecule has 1 N–H and O–H groups in total. The second-order valence-corrected chi connectivity index (χ2v) is 4.14. The number of rotatable bonds is 3. The first kappa shape index (κ1) is 13.1. The Morgan fingerprint density at radius 2 is 1.79 bits per heavy atom. The van der Waals surface area contributed by atoms with Gasteiger partial charge in [0.1, 0.15) is 5.75 Å². The summed E-state index contributed by atoms with van der Waals surface area (Å²) in [5, 5.41) is 11.1. The zero-order chi connectivity index (χ0) is 14.0. The van der Waals surface area contributed by atoms with Gasteiger partial charge in [-0.2, -0.15) is 0 Å². The van der Waals surface area contributed by atoms with E-state index in [1.807, 2.05) is 0 Å². The summed E-state index contributed by atoms with van der Waals surface area (Å²) < 4.78 is 4.98. The van der Waals surface area contributed by atoms with Crippen molar-refractivity contribution in [3.05, 3.63) is 41.5 Å². The fraction of sp³-hybridized carbons (Fsp3) is 0.200. The van der Waals surface area contributed by atoms with Crippen LogP contribution in [-0.4, -0.2) is 23.5 Å². The first-order valence-electron chi connectivity index (χ1n) is 5.99. The highest BCUT2D eigenvalue weighted by atomic mass is 16.5. The van der Waals surface area contributed by atoms with Crippen molar-refractivity contribution in [1.29, 1.82) is 0 Å². The van der Waals surface area contributed by atoms with E-state index < -0.39 is 5.97 Å². The molecule has 0 spiro atoms. The molecule has 0 atom stereocenters. The third-order valence-corrected chi connectivity index (χ3v) is 2.89. The zero-order valence-corrected chi connectivity index (χ0v) is 10.8. The molecule has 19 heavy (non-hydrogen) atoms. The fourth-order valence-corrected chi connectivity index (χ4v) is 2.01. The van der Waals surface area contributed by atoms with Gasteiger partial charge in [0.05, 0.1) is 17.7 Å². The normalized spacial score (nSPS) is 10.4. The highest BCUT2D eigenvalue weighted by molar-refractivity contribution is 6.11. The minimum atomic E-state index is -0.499. The lowest BCUT2D eigenvalue weighted by molar-refractivity contribution is 0.0528. The molecule has 4 heteroatoms. The van der Waals surface area contributed by atoms with Crippen molar-refractivity contribution in [2.24, 2.45) is 0 Å². The quantitative estimate of drug-likeness (QED) is 0.679. The lowest BCUT2D eigenvalue weighted by Crippen LogP contribution is -2.07. The summed E-state index contributed by atoms with van der Waals surface area (Å²) in [5.41, 5.74) is 0.419. The van der Waals surface area contributed by atoms with Gasteiger partial charge in [0, 0.05) is 5.39 Å². The Morgan fingerprint density at radius 1 is 1.16 bits per heavy atom. The number of benzene rings is 2. The summed E-state index contributed by atoms with van der Waals surface area (Å²) in [5.74, 6) is -0.897. The summed E-state index contributed by atoms with van der Waals surface area (Å²) >= 11 is 0. The average Bonchev–Trinajstić information content (AvgIpc) is 2.39. The molecule has 98 valence electrons. The van der Waals surface area contributed by atoms with E-state index in [-0.39, 0.29) is 23.7 Å². The average molecular weight is 258 g/mol. The molecule has 0 aliphatic heterocycles. The van der Waals surface area contributed by atoms with Gasteiger partial charge in [-0.25, -0.2) is 4.79 Å². The van der Waals surface area contributed by atoms with Crippen LogP contribution in [0.4, 0.5) is 0 Å². The van der Waals surface area contributed by atoms with Crippen molar-refractivity contribution < 1.29 is 19.4 Å². The van der Waals surface area contributed by atoms with E-state index in [2.05, 4.69) is 0 Å². The van der Waals surface area contributed by atoms with Crippen molar-refractivity contribution in [2.45, 2.75) is 13.8 Å². The first-order valence-corrected chi connectivity index (χ1v) is 5.99. The van der Waals surface area contributed by atoms with E-state index in [1.165, 1.54) is 13.0 Å². The molecule has 2 aromatic rings. The molecule has 0 unspecified atom stereocenters. The molecule has 2 rings (SSSR count). The predicted octanol–water partition coefficient (Wildman–Crippen LogP) is 2.92. The van der Waals surface area contributed by atoms with Crippen LogP contribution < -0.4 is 0 Å². The number of ketones is 1. The topological polar surface area (TPSA) is 63.6 Å². The van der Waals surface area contributed by atoms with Crippen molar-refractivity contribution in [3.63, 3.8) is 0 Å². The molecule has 0 bridgehead atoms. The number of esters is 1. The Kier molecular flexibility index (Phi) is 3.51. The molecular formula is C15H14O4. The molecule has 0 saturated carbocycles. The van der Waals surface area contributed by atoms with Gasteiger partial charge in [-0.3, -0.25) is 4.79 Å². The highest BCUT2D eigenvalue weighted by Gasteiger charge is 2.18. The Morgan fingerprint density at radius 3 is 2.37 bits per heavy atom. The molecule has 0 aromatic heterocycles. The van der Waals surface area contributed by atoms with E-state index in [4.69, 9.17) is 4.74 Å². The number of hydrogen-bond donors (Lipinski definition) is 1. The summed E-state index contributed by atoms with van der Waals surface area (Å²) in [4.78, 5) is 23.5. The van der Waals surface area contributed by atoms with Gasteiger partial charge in [-0.1, -0.05) is 24.3 Å². The third kappa shape index (κ3) is 2.29. The number of phenolic OH excluding ortho intramolecular Hbond substituents is 1. The Bertz CT molecular complexity index is 658. The second-order valence-electron chi connectivity index (χ2n) is 4.14. The van der Waals surface area contributed by atoms with Gasteiger partial charge in [-0.15, -0.1) is 0 Å². The van der Waals surface area contributed by atoms with Gasteiger partial charge in [0.2, 0.25) is 0 Å². The lowest BCUT2D eigenvalue weighted by Gasteiger charge is -2.10. The van der Waals surface area contributed by atoms with Gasteiger partial charge in [-0.05, 0) is 25.3 Å². The van der Waals surface area contributed by atoms with Crippen molar-refractivity contribution >= 4 is 22.5 Å². The number of fused-ring (bicyclic) bond motifs is 1. The third-order valence-electron chi connectivity index (χ3n) is 2.89. The minimum absolute atomic E-state index is 0.101. The number of ether oxygens (including phenoxy) is 1. The maximum atomic E-state index is 11.9. The smallest absolute Gasteiger partial charge is 0.338 e. The summed E-state index contributed by atoms with van der Waals surface area (Å²) in [6.07, 6.45) is 0. The second kappa shape index (κ2) is 5.10. The highest BCUT2D eigenvalue weighted by Crippen LogP contribution is 2.32. The maximum Gasteiger partial charge on any atom is 0.338 e. The van der Waals surface area contributed by atoms with Crippen LogP contribution in [0.1, 0.15) is 34.6 Å². The lowest BCUT2D eigenvalue weighted by atomic mass is 9.98. The van der Waals surface area contributed by atoms with E-state index in [0.29, 0.717) is 16.3 Å². The van der Waals surface area contributed by atoms with Crippen LogP contribution in [0.15, 0.2) is 30.3 Å². The summed E-state index contributed by atoms with van der Waals surface area (Å²) in [7, 11) is 0. The molecule has 0 fully saturated rings. The monoisotopic (exact) mass is 258 g/mol. The van der Waals surface area contributed by atoms with Crippen LogP contribution >= 0.6 is 0 Å². The summed E-state index contributed by atoms with van der Waals surface area (Å²) in [6, 6.07) is 8.27. The molecular weight excluding hydrogens is 244 g/mol. The SMILES string of the molecule is CCOC(=O)c1cc(C(C)=O)c(O)c2ccccc12. The number of phenols is 1. The summed E-state index contributed by atoms with van der Waals surface area (Å²) in [6.45, 7) is 3.31. The molecule has 2 aromatic carbocycles. The van der Waals surface area contributed by atoms with Crippen LogP contribution in [0.25, 0.3) is 10.8 Å². The molecule has 0 saturated heterocycles. The zero-order valence-electron chi connectivity index (χ0n) is 10.8. The van der Waals surface area contributed by atoms with Crippen LogP contribution in [0.3, 0.4) is 0 Å². The first-order chi connectivity index (χ1) is 9.06. The molecule has 4 nitrogen and oxygen atoms in total. The Balaban J connectivity index is 2.78. The number of carbonyl (C=O) groups excluding carboxylic acids is 2. The standard InChI is InChI=1S/C15H14O4/c1-3-19-15(18)13-8-12(9(2)16)14(17)11-7-5-4-6-10(11)13/h4-8,17H,3H2,1-2H3.